The third kappa shape index (κ3) is 3.95. The predicted molar refractivity (Wildman–Crippen MR) is 132 cm³/mol. The van der Waals surface area contributed by atoms with Crippen LogP contribution in [0.3, 0.4) is 0 Å². The lowest BCUT2D eigenvalue weighted by atomic mass is 10.1. The minimum absolute atomic E-state index is 0.688. The topological polar surface area (TPSA) is 55.1 Å². The molecule has 0 atom stereocenters. The van der Waals surface area contributed by atoms with E-state index in [1.165, 1.54) is 16.8 Å². The highest BCUT2D eigenvalue weighted by molar-refractivity contribution is 5.76. The van der Waals surface area contributed by atoms with Gasteiger partial charge in [-0.3, -0.25) is 0 Å². The molecule has 0 amide bonds. The molecule has 170 valence electrons. The molecule has 2 aromatic carbocycles. The molecule has 0 N–H and O–H groups in total. The molecule has 1 saturated heterocycles. The van der Waals surface area contributed by atoms with E-state index in [4.69, 9.17) is 19.6 Å². The van der Waals surface area contributed by atoms with E-state index in [1.807, 2.05) is 35.1 Å². The minimum atomic E-state index is 0.688. The molecule has 2 aromatic heterocycles. The molecule has 3 heterocycles. The van der Waals surface area contributed by atoms with Crippen molar-refractivity contribution in [3.05, 3.63) is 66.0 Å². The summed E-state index contributed by atoms with van der Waals surface area (Å²) in [6.07, 6.45) is 3.72. The normalized spacial score (nSPS) is 14.1. The number of hydrogen-bond acceptors (Lipinski definition) is 6. The lowest BCUT2D eigenvalue weighted by molar-refractivity contribution is 0.355. The van der Waals surface area contributed by atoms with E-state index < -0.39 is 0 Å². The summed E-state index contributed by atoms with van der Waals surface area (Å²) in [7, 11) is 3.28. The molecular weight excluding hydrogens is 414 g/mol. The van der Waals surface area contributed by atoms with Crippen LogP contribution in [0.5, 0.6) is 11.5 Å². The van der Waals surface area contributed by atoms with Crippen molar-refractivity contribution < 1.29 is 9.47 Å². The minimum Gasteiger partial charge on any atom is -0.493 e. The number of anilines is 2. The van der Waals surface area contributed by atoms with Crippen LogP contribution in [0.1, 0.15) is 11.1 Å². The molecule has 1 fully saturated rings. The van der Waals surface area contributed by atoms with Crippen LogP contribution in [0.15, 0.2) is 54.9 Å². The van der Waals surface area contributed by atoms with Gasteiger partial charge in [0.1, 0.15) is 5.52 Å². The summed E-state index contributed by atoms with van der Waals surface area (Å²) in [5.74, 6) is 2.36. The quantitative estimate of drug-likeness (QED) is 0.457. The highest BCUT2D eigenvalue weighted by Crippen LogP contribution is 2.33. The van der Waals surface area contributed by atoms with Crippen molar-refractivity contribution in [1.29, 1.82) is 0 Å². The van der Waals surface area contributed by atoms with Crippen molar-refractivity contribution in [1.82, 2.24) is 14.6 Å². The van der Waals surface area contributed by atoms with Crippen molar-refractivity contribution in [3.8, 4) is 22.8 Å². The Morgan fingerprint density at radius 3 is 2.33 bits per heavy atom. The molecule has 4 aromatic rings. The number of benzene rings is 2. The van der Waals surface area contributed by atoms with Crippen LogP contribution in [0, 0.1) is 13.8 Å². The molecule has 0 bridgehead atoms. The van der Waals surface area contributed by atoms with Crippen molar-refractivity contribution in [2.75, 3.05) is 50.2 Å². The van der Waals surface area contributed by atoms with E-state index >= 15 is 0 Å². The number of hydrogen-bond donors (Lipinski definition) is 0. The molecule has 1 aliphatic heterocycles. The van der Waals surface area contributed by atoms with Crippen LogP contribution < -0.4 is 19.3 Å². The van der Waals surface area contributed by atoms with E-state index in [0.29, 0.717) is 11.5 Å². The maximum Gasteiger partial charge on any atom is 0.161 e. The van der Waals surface area contributed by atoms with E-state index in [2.05, 4.69) is 47.9 Å². The fourth-order valence-electron chi connectivity index (χ4n) is 4.51. The van der Waals surface area contributed by atoms with Gasteiger partial charge in [-0.15, -0.1) is 0 Å². The second-order valence-corrected chi connectivity index (χ2v) is 8.44. The van der Waals surface area contributed by atoms with E-state index in [-0.39, 0.29) is 0 Å². The summed E-state index contributed by atoms with van der Waals surface area (Å²) in [6, 6.07) is 14.6. The summed E-state index contributed by atoms with van der Waals surface area (Å²) >= 11 is 0. The summed E-state index contributed by atoms with van der Waals surface area (Å²) in [6.45, 7) is 8.09. The van der Waals surface area contributed by atoms with Gasteiger partial charge in [0.2, 0.25) is 0 Å². The zero-order valence-electron chi connectivity index (χ0n) is 19.6. The first kappa shape index (κ1) is 21.1. The number of aryl methyl sites for hydroxylation is 2. The van der Waals surface area contributed by atoms with Crippen LogP contribution >= 0.6 is 0 Å². The van der Waals surface area contributed by atoms with Gasteiger partial charge in [0.25, 0.3) is 0 Å². The first-order valence-corrected chi connectivity index (χ1v) is 11.2. The molecular formula is C26H29N5O2. The Labute approximate surface area is 194 Å². The molecule has 0 unspecified atom stereocenters. The number of methoxy groups -OCH3 is 2. The first-order valence-electron chi connectivity index (χ1n) is 11.2. The van der Waals surface area contributed by atoms with Crippen molar-refractivity contribution in [3.63, 3.8) is 0 Å². The Kier molecular flexibility index (Phi) is 5.54. The Balaban J connectivity index is 1.41. The molecule has 0 aliphatic carbocycles. The lowest BCUT2D eigenvalue weighted by Gasteiger charge is -2.37. The monoisotopic (exact) mass is 443 g/mol. The number of piperazine rings is 1. The van der Waals surface area contributed by atoms with Gasteiger partial charge in [-0.05, 0) is 55.3 Å². The van der Waals surface area contributed by atoms with Crippen LogP contribution in [0.2, 0.25) is 0 Å². The zero-order chi connectivity index (χ0) is 22.9. The summed E-state index contributed by atoms with van der Waals surface area (Å²) in [5.41, 5.74) is 6.81. The summed E-state index contributed by atoms with van der Waals surface area (Å²) < 4.78 is 12.7. The largest absolute Gasteiger partial charge is 0.493 e. The molecule has 5 rings (SSSR count). The van der Waals surface area contributed by atoms with Crippen LogP contribution in [-0.4, -0.2) is 55.0 Å². The Morgan fingerprint density at radius 1 is 0.818 bits per heavy atom. The summed E-state index contributed by atoms with van der Waals surface area (Å²) in [5, 5.41) is 4.80. The molecule has 33 heavy (non-hydrogen) atoms. The Bertz CT molecular complexity index is 1290. The highest BCUT2D eigenvalue weighted by Gasteiger charge is 2.22. The Hall–Kier alpha value is -3.74. The number of ether oxygens (including phenoxy) is 2. The van der Waals surface area contributed by atoms with Crippen LogP contribution in [0.4, 0.5) is 11.5 Å². The Morgan fingerprint density at radius 2 is 1.58 bits per heavy atom. The molecule has 0 spiro atoms. The van der Waals surface area contributed by atoms with Gasteiger partial charge in [0, 0.05) is 49.8 Å². The number of rotatable bonds is 5. The maximum absolute atomic E-state index is 5.47. The molecule has 0 radical (unpaired) electrons. The van der Waals surface area contributed by atoms with Gasteiger partial charge in [-0.2, -0.15) is 5.10 Å². The number of nitrogens with zero attached hydrogens (tertiary/aromatic N) is 5. The van der Waals surface area contributed by atoms with Gasteiger partial charge < -0.3 is 19.3 Å². The van der Waals surface area contributed by atoms with Crippen LogP contribution in [0.25, 0.3) is 16.8 Å². The fraction of sp³-hybridized carbons (Fsp3) is 0.308. The van der Waals surface area contributed by atoms with Crippen molar-refractivity contribution in [2.45, 2.75) is 13.8 Å². The average molecular weight is 444 g/mol. The van der Waals surface area contributed by atoms with Gasteiger partial charge in [-0.1, -0.05) is 12.1 Å². The molecule has 7 heteroatoms. The predicted octanol–water partition coefficient (Wildman–Crippen LogP) is 4.36. The van der Waals surface area contributed by atoms with Gasteiger partial charge in [0.15, 0.2) is 17.3 Å². The van der Waals surface area contributed by atoms with Crippen molar-refractivity contribution in [2.24, 2.45) is 0 Å². The van der Waals surface area contributed by atoms with E-state index in [1.54, 1.807) is 14.2 Å². The van der Waals surface area contributed by atoms with Crippen molar-refractivity contribution >= 4 is 17.0 Å². The first-order chi connectivity index (χ1) is 16.1. The highest BCUT2D eigenvalue weighted by atomic mass is 16.5. The third-order valence-electron chi connectivity index (χ3n) is 6.33. The third-order valence-corrected chi connectivity index (χ3v) is 6.33. The lowest BCUT2D eigenvalue weighted by Crippen LogP contribution is -2.47. The second kappa shape index (κ2) is 8.65. The van der Waals surface area contributed by atoms with Gasteiger partial charge in [-0.25, -0.2) is 9.50 Å². The average Bonchev–Trinajstić information content (AvgIpc) is 3.30. The number of aromatic nitrogens is 3. The smallest absolute Gasteiger partial charge is 0.161 e. The van der Waals surface area contributed by atoms with Gasteiger partial charge >= 0.3 is 0 Å². The zero-order valence-corrected chi connectivity index (χ0v) is 19.6. The molecule has 7 nitrogen and oxygen atoms in total. The molecule has 0 saturated carbocycles. The van der Waals surface area contributed by atoms with E-state index in [0.717, 1.165) is 48.8 Å². The molecule has 1 aliphatic rings. The summed E-state index contributed by atoms with van der Waals surface area (Å²) in [4.78, 5) is 9.56. The second-order valence-electron chi connectivity index (χ2n) is 8.44. The SMILES string of the molecule is COc1ccc(-c2cc3c(N4CCN(c5cc(C)ccc5C)CC4)nccn3n2)cc1OC. The maximum atomic E-state index is 5.47. The standard InChI is InChI=1S/C26H29N5O2/c1-18-5-6-19(2)22(15-18)29-11-13-30(14-12-29)26-23-17-21(28-31(23)10-9-27-26)20-7-8-24(32-3)25(16-20)33-4/h5-10,15-17H,11-14H2,1-4H3. The van der Waals surface area contributed by atoms with E-state index in [9.17, 15) is 0 Å². The number of fused-ring (bicyclic) bond motifs is 1. The van der Waals surface area contributed by atoms with Gasteiger partial charge in [0.05, 0.1) is 19.9 Å². The van der Waals surface area contributed by atoms with Crippen LogP contribution in [-0.2, 0) is 0 Å². The fourth-order valence-corrected chi connectivity index (χ4v) is 4.51.